The highest BCUT2D eigenvalue weighted by Gasteiger charge is 2.45. The van der Waals surface area contributed by atoms with E-state index >= 15 is 0 Å². The Morgan fingerprint density at radius 3 is 2.27 bits per heavy atom. The van der Waals surface area contributed by atoms with E-state index in [0.29, 0.717) is 11.8 Å². The summed E-state index contributed by atoms with van der Waals surface area (Å²) in [7, 11) is 0. The lowest BCUT2D eigenvalue weighted by molar-refractivity contribution is -0.0531. The van der Waals surface area contributed by atoms with E-state index in [-0.39, 0.29) is 6.10 Å². The second-order valence-corrected chi connectivity index (χ2v) is 4.74. The maximum Gasteiger partial charge on any atom is 0.0630 e. The summed E-state index contributed by atoms with van der Waals surface area (Å²) in [4.78, 5) is 2.35. The van der Waals surface area contributed by atoms with Crippen LogP contribution in [0.1, 0.15) is 6.42 Å². The van der Waals surface area contributed by atoms with Gasteiger partial charge in [-0.1, -0.05) is 0 Å². The average molecular weight is 204 g/mol. The number of rotatable bonds is 1. The van der Waals surface area contributed by atoms with E-state index in [0.717, 1.165) is 18.8 Å². The maximum absolute atomic E-state index is 9.69. The number of aliphatic hydroxyl groups is 1. The quantitative estimate of drug-likeness (QED) is 0.673. The fraction of sp³-hybridized carbons (Fsp3) is 0.500. The number of nitrogens with two attached hydrogens (primary N) is 1. The van der Waals surface area contributed by atoms with E-state index in [2.05, 4.69) is 17.0 Å². The number of benzene rings is 1. The zero-order valence-electron chi connectivity index (χ0n) is 8.63. The zero-order valence-corrected chi connectivity index (χ0v) is 8.63. The average Bonchev–Trinajstić information content (AvgIpc) is 2.29. The number of hydrogen-bond acceptors (Lipinski definition) is 3. The Labute approximate surface area is 89.5 Å². The van der Waals surface area contributed by atoms with E-state index in [1.54, 1.807) is 0 Å². The Balaban J connectivity index is 1.77. The second-order valence-electron chi connectivity index (χ2n) is 4.74. The van der Waals surface area contributed by atoms with Crippen molar-refractivity contribution >= 4 is 11.4 Å². The fourth-order valence-electron chi connectivity index (χ4n) is 2.76. The third-order valence-corrected chi connectivity index (χ3v) is 3.74. The molecule has 2 saturated heterocycles. The normalized spacial score (nSPS) is 33.7. The molecule has 2 atom stereocenters. The van der Waals surface area contributed by atoms with Crippen LogP contribution in [0.2, 0.25) is 0 Å². The molecular weight excluding hydrogens is 188 g/mol. The molecule has 0 radical (unpaired) electrons. The largest absolute Gasteiger partial charge is 0.399 e. The lowest BCUT2D eigenvalue weighted by Crippen LogP contribution is -2.58. The molecule has 0 amide bonds. The molecule has 2 aliphatic heterocycles. The molecule has 1 saturated carbocycles. The highest BCUT2D eigenvalue weighted by atomic mass is 16.3. The molecule has 1 aliphatic carbocycles. The minimum atomic E-state index is -0.0463. The summed E-state index contributed by atoms with van der Waals surface area (Å²) in [5, 5.41) is 9.69. The summed E-state index contributed by atoms with van der Waals surface area (Å²) >= 11 is 0. The van der Waals surface area contributed by atoms with Crippen LogP contribution >= 0.6 is 0 Å². The summed E-state index contributed by atoms with van der Waals surface area (Å²) in [5.41, 5.74) is 7.69. The summed E-state index contributed by atoms with van der Waals surface area (Å²) < 4.78 is 0. The van der Waals surface area contributed by atoms with Gasteiger partial charge in [-0.15, -0.1) is 0 Å². The highest BCUT2D eigenvalue weighted by Crippen LogP contribution is 2.41. The summed E-state index contributed by atoms with van der Waals surface area (Å²) in [6.45, 7) is 1.98. The van der Waals surface area contributed by atoms with Crippen molar-refractivity contribution in [3.63, 3.8) is 0 Å². The Morgan fingerprint density at radius 1 is 1.13 bits per heavy atom. The number of nitrogens with zero attached hydrogens (tertiary/aromatic N) is 1. The number of nitrogen functional groups attached to an aromatic ring is 1. The van der Waals surface area contributed by atoms with Crippen molar-refractivity contribution in [3.05, 3.63) is 24.3 Å². The van der Waals surface area contributed by atoms with E-state index < -0.39 is 0 Å². The standard InChI is InChI=1S/C12H16N2O/c13-10-1-3-11(4-2-10)14-6-8-5-9(7-14)12(8)15/h1-4,8-9,12,15H,5-7,13H2. The van der Waals surface area contributed by atoms with Gasteiger partial charge in [0.2, 0.25) is 0 Å². The van der Waals surface area contributed by atoms with Crippen LogP contribution in [0.3, 0.4) is 0 Å². The summed E-state index contributed by atoms with van der Waals surface area (Å²) in [5.74, 6) is 0.975. The molecule has 4 rings (SSSR count). The smallest absolute Gasteiger partial charge is 0.0630 e. The van der Waals surface area contributed by atoms with Crippen LogP contribution in [-0.4, -0.2) is 24.3 Å². The molecule has 3 nitrogen and oxygen atoms in total. The first-order chi connectivity index (χ1) is 7.24. The van der Waals surface area contributed by atoms with Gasteiger partial charge < -0.3 is 15.7 Å². The van der Waals surface area contributed by atoms with E-state index in [9.17, 15) is 5.11 Å². The van der Waals surface area contributed by atoms with Gasteiger partial charge in [-0.2, -0.15) is 0 Å². The molecular formula is C12H16N2O. The fourth-order valence-corrected chi connectivity index (χ4v) is 2.76. The molecule has 1 aromatic rings. The topological polar surface area (TPSA) is 49.5 Å². The predicted molar refractivity (Wildman–Crippen MR) is 60.7 cm³/mol. The molecule has 3 aliphatic rings. The highest BCUT2D eigenvalue weighted by molar-refractivity contribution is 5.53. The molecule has 3 N–H and O–H groups in total. The molecule has 2 bridgehead atoms. The first-order valence-corrected chi connectivity index (χ1v) is 5.52. The van der Waals surface area contributed by atoms with Gasteiger partial charge in [0, 0.05) is 36.3 Å². The molecule has 15 heavy (non-hydrogen) atoms. The van der Waals surface area contributed by atoms with E-state index in [4.69, 9.17) is 5.73 Å². The van der Waals surface area contributed by atoms with Gasteiger partial charge >= 0.3 is 0 Å². The minimum Gasteiger partial charge on any atom is -0.399 e. The zero-order chi connectivity index (χ0) is 10.4. The van der Waals surface area contributed by atoms with Gasteiger partial charge in [0.05, 0.1) is 6.10 Å². The third-order valence-electron chi connectivity index (χ3n) is 3.74. The Kier molecular flexibility index (Phi) is 1.89. The van der Waals surface area contributed by atoms with Gasteiger partial charge in [0.1, 0.15) is 0 Å². The van der Waals surface area contributed by atoms with Gasteiger partial charge in [0.25, 0.3) is 0 Å². The number of anilines is 2. The minimum absolute atomic E-state index is 0.0463. The Hall–Kier alpha value is -1.22. The SMILES string of the molecule is Nc1ccc(N2CC3CC(C2)C3O)cc1. The summed E-state index contributed by atoms with van der Waals surface area (Å²) in [6.07, 6.45) is 1.15. The molecule has 0 spiro atoms. The van der Waals surface area contributed by atoms with Crippen LogP contribution in [0.25, 0.3) is 0 Å². The second kappa shape index (κ2) is 3.14. The molecule has 80 valence electrons. The van der Waals surface area contributed by atoms with Crippen molar-refractivity contribution in [1.29, 1.82) is 0 Å². The molecule has 3 heteroatoms. The Morgan fingerprint density at radius 2 is 1.73 bits per heavy atom. The number of fused-ring (bicyclic) bond motifs is 2. The van der Waals surface area contributed by atoms with Crippen molar-refractivity contribution in [1.82, 2.24) is 0 Å². The molecule has 2 heterocycles. The number of piperidine rings is 2. The monoisotopic (exact) mass is 204 g/mol. The first-order valence-electron chi connectivity index (χ1n) is 5.52. The van der Waals surface area contributed by atoms with Gasteiger partial charge in [0.15, 0.2) is 0 Å². The van der Waals surface area contributed by atoms with Crippen molar-refractivity contribution in [3.8, 4) is 0 Å². The third kappa shape index (κ3) is 1.38. The van der Waals surface area contributed by atoms with Crippen molar-refractivity contribution in [2.24, 2.45) is 11.8 Å². The molecule has 1 aromatic carbocycles. The van der Waals surface area contributed by atoms with Crippen LogP contribution in [0, 0.1) is 11.8 Å². The van der Waals surface area contributed by atoms with Crippen molar-refractivity contribution in [2.75, 3.05) is 23.7 Å². The van der Waals surface area contributed by atoms with Crippen LogP contribution in [0.5, 0.6) is 0 Å². The van der Waals surface area contributed by atoms with Crippen LogP contribution in [0.15, 0.2) is 24.3 Å². The van der Waals surface area contributed by atoms with Crippen LogP contribution in [-0.2, 0) is 0 Å². The molecule has 0 aromatic heterocycles. The Bertz CT molecular complexity index is 350. The summed E-state index contributed by atoms with van der Waals surface area (Å²) in [6, 6.07) is 8.00. The van der Waals surface area contributed by atoms with Crippen molar-refractivity contribution in [2.45, 2.75) is 12.5 Å². The van der Waals surface area contributed by atoms with Crippen molar-refractivity contribution < 1.29 is 5.11 Å². The van der Waals surface area contributed by atoms with E-state index in [1.165, 1.54) is 12.1 Å². The van der Waals surface area contributed by atoms with E-state index in [1.807, 2.05) is 12.1 Å². The molecule has 2 unspecified atom stereocenters. The first kappa shape index (κ1) is 9.04. The van der Waals surface area contributed by atoms with Crippen LogP contribution < -0.4 is 10.6 Å². The van der Waals surface area contributed by atoms with Gasteiger partial charge in [-0.05, 0) is 30.7 Å². The maximum atomic E-state index is 9.69. The predicted octanol–water partition coefficient (Wildman–Crippen LogP) is 1.09. The lowest BCUT2D eigenvalue weighted by Gasteiger charge is -2.51. The lowest BCUT2D eigenvalue weighted by atomic mass is 9.68. The van der Waals surface area contributed by atoms with Crippen LogP contribution in [0.4, 0.5) is 11.4 Å². The van der Waals surface area contributed by atoms with Gasteiger partial charge in [-0.25, -0.2) is 0 Å². The molecule has 3 fully saturated rings. The number of aliphatic hydroxyl groups excluding tert-OH is 1. The number of hydrogen-bond donors (Lipinski definition) is 2. The van der Waals surface area contributed by atoms with Gasteiger partial charge in [-0.3, -0.25) is 0 Å².